The second-order valence-electron chi connectivity index (χ2n) is 4.14. The monoisotopic (exact) mass is 214 g/mol. The van der Waals surface area contributed by atoms with Gasteiger partial charge in [0, 0.05) is 25.4 Å². The summed E-state index contributed by atoms with van der Waals surface area (Å²) in [5, 5.41) is 2.92. The zero-order valence-electron chi connectivity index (χ0n) is 10.2. The Morgan fingerprint density at radius 2 is 1.87 bits per heavy atom. The molecule has 88 valence electrons. The van der Waals surface area contributed by atoms with Gasteiger partial charge in [-0.2, -0.15) is 0 Å². The number of carbonyl (C=O) groups is 2. The van der Waals surface area contributed by atoms with Crippen LogP contribution in [0.5, 0.6) is 0 Å². The van der Waals surface area contributed by atoms with E-state index in [9.17, 15) is 9.59 Å². The molecule has 1 amide bonds. The number of rotatable bonds is 7. The molecule has 0 spiro atoms. The summed E-state index contributed by atoms with van der Waals surface area (Å²) in [6, 6.07) is 0.180. The van der Waals surface area contributed by atoms with E-state index in [2.05, 4.69) is 5.32 Å². The van der Waals surface area contributed by atoms with Gasteiger partial charge in [0.1, 0.15) is 5.78 Å². The van der Waals surface area contributed by atoms with Gasteiger partial charge < -0.3 is 15.0 Å². The number of Topliss-reactive ketones (excluding diaryl/α,β-unsaturated/α-hetero) is 1. The summed E-state index contributed by atoms with van der Waals surface area (Å²) < 4.78 is 0. The molecule has 15 heavy (non-hydrogen) atoms. The zero-order chi connectivity index (χ0) is 11.8. The van der Waals surface area contributed by atoms with Gasteiger partial charge in [-0.15, -0.1) is 0 Å². The van der Waals surface area contributed by atoms with Gasteiger partial charge in [0.15, 0.2) is 0 Å². The van der Waals surface area contributed by atoms with Crippen molar-refractivity contribution in [3.8, 4) is 0 Å². The molecule has 0 bridgehead atoms. The number of hydrogen-bond donors (Lipinski definition) is 1. The summed E-state index contributed by atoms with van der Waals surface area (Å²) in [6.45, 7) is 4.38. The Morgan fingerprint density at radius 1 is 1.27 bits per heavy atom. The first-order valence-corrected chi connectivity index (χ1v) is 5.39. The molecule has 1 unspecified atom stereocenters. The second kappa shape index (κ2) is 7.40. The Bertz CT molecular complexity index is 215. The molecule has 0 radical (unpaired) electrons. The van der Waals surface area contributed by atoms with Crippen molar-refractivity contribution >= 4 is 11.7 Å². The lowest BCUT2D eigenvalue weighted by Crippen LogP contribution is -2.41. The highest BCUT2D eigenvalue weighted by atomic mass is 16.2. The highest BCUT2D eigenvalue weighted by Gasteiger charge is 2.11. The molecule has 1 N–H and O–H groups in total. The first kappa shape index (κ1) is 14.1. The summed E-state index contributed by atoms with van der Waals surface area (Å²) in [7, 11) is 3.95. The first-order valence-electron chi connectivity index (χ1n) is 5.39. The van der Waals surface area contributed by atoms with Gasteiger partial charge in [-0.05, 0) is 27.4 Å². The quantitative estimate of drug-likeness (QED) is 0.682. The average molecular weight is 214 g/mol. The molecule has 0 fully saturated rings. The highest BCUT2D eigenvalue weighted by molar-refractivity contribution is 5.83. The van der Waals surface area contributed by atoms with Gasteiger partial charge in [0.05, 0.1) is 0 Å². The third kappa shape index (κ3) is 8.12. The Kier molecular flexibility index (Phi) is 6.96. The topological polar surface area (TPSA) is 49.4 Å². The molecule has 0 saturated carbocycles. The van der Waals surface area contributed by atoms with Crippen LogP contribution in [-0.4, -0.2) is 43.3 Å². The molecular formula is C11H22N2O2. The molecule has 1 atom stereocenters. The van der Waals surface area contributed by atoms with Crippen molar-refractivity contribution in [1.82, 2.24) is 10.2 Å². The fraction of sp³-hybridized carbons (Fsp3) is 0.818. The van der Waals surface area contributed by atoms with Crippen LogP contribution in [0.3, 0.4) is 0 Å². The van der Waals surface area contributed by atoms with Crippen molar-refractivity contribution in [2.45, 2.75) is 39.2 Å². The summed E-state index contributed by atoms with van der Waals surface area (Å²) in [6.07, 6.45) is 1.55. The molecular weight excluding hydrogens is 192 g/mol. The predicted molar refractivity (Wildman–Crippen MR) is 60.7 cm³/mol. The van der Waals surface area contributed by atoms with Crippen LogP contribution in [0.1, 0.15) is 33.1 Å². The van der Waals surface area contributed by atoms with Crippen molar-refractivity contribution in [3.05, 3.63) is 0 Å². The SMILES string of the molecule is CCC(CN(C)C)NC(=O)CCC(C)=O. The first-order chi connectivity index (χ1) is 6.95. The van der Waals surface area contributed by atoms with Crippen LogP contribution in [0, 0.1) is 0 Å². The van der Waals surface area contributed by atoms with E-state index in [0.29, 0.717) is 12.8 Å². The zero-order valence-corrected chi connectivity index (χ0v) is 10.2. The Morgan fingerprint density at radius 3 is 2.27 bits per heavy atom. The van der Waals surface area contributed by atoms with Crippen LogP contribution in [0.4, 0.5) is 0 Å². The minimum atomic E-state index is -0.0288. The van der Waals surface area contributed by atoms with Crippen molar-refractivity contribution in [2.75, 3.05) is 20.6 Å². The third-order valence-electron chi connectivity index (χ3n) is 2.15. The molecule has 0 aliphatic carbocycles. The molecule has 0 aromatic rings. The maximum Gasteiger partial charge on any atom is 0.220 e. The van der Waals surface area contributed by atoms with Crippen molar-refractivity contribution < 1.29 is 9.59 Å². The molecule has 0 rings (SSSR count). The van der Waals surface area contributed by atoms with E-state index in [0.717, 1.165) is 13.0 Å². The number of nitrogens with zero attached hydrogens (tertiary/aromatic N) is 1. The van der Waals surface area contributed by atoms with E-state index >= 15 is 0 Å². The average Bonchev–Trinajstić information content (AvgIpc) is 2.13. The number of likely N-dealkylation sites (N-methyl/N-ethyl adjacent to an activating group) is 1. The lowest BCUT2D eigenvalue weighted by Gasteiger charge is -2.20. The van der Waals surface area contributed by atoms with Crippen LogP contribution in [-0.2, 0) is 9.59 Å². The number of nitrogens with one attached hydrogen (secondary N) is 1. The van der Waals surface area contributed by atoms with Gasteiger partial charge in [-0.1, -0.05) is 6.92 Å². The summed E-state index contributed by atoms with van der Waals surface area (Å²) >= 11 is 0. The van der Waals surface area contributed by atoms with Gasteiger partial charge >= 0.3 is 0 Å². The molecule has 4 heteroatoms. The Balaban J connectivity index is 3.85. The maximum absolute atomic E-state index is 11.4. The summed E-state index contributed by atoms with van der Waals surface area (Å²) in [4.78, 5) is 24.2. The summed E-state index contributed by atoms with van der Waals surface area (Å²) in [5.74, 6) is 0.0321. The van der Waals surface area contributed by atoms with Crippen LogP contribution < -0.4 is 5.32 Å². The summed E-state index contributed by atoms with van der Waals surface area (Å²) in [5.41, 5.74) is 0. The smallest absolute Gasteiger partial charge is 0.220 e. The van der Waals surface area contributed by atoms with E-state index in [1.165, 1.54) is 6.92 Å². The predicted octanol–water partition coefficient (Wildman–Crippen LogP) is 0.812. The van der Waals surface area contributed by atoms with Crippen LogP contribution in [0.15, 0.2) is 0 Å². The van der Waals surface area contributed by atoms with Crippen LogP contribution in [0.2, 0.25) is 0 Å². The van der Waals surface area contributed by atoms with E-state index < -0.39 is 0 Å². The fourth-order valence-corrected chi connectivity index (χ4v) is 1.31. The minimum absolute atomic E-state index is 0.0288. The second-order valence-corrected chi connectivity index (χ2v) is 4.14. The molecule has 0 heterocycles. The lowest BCUT2D eigenvalue weighted by molar-refractivity contribution is -0.125. The number of hydrogen-bond acceptors (Lipinski definition) is 3. The van der Waals surface area contributed by atoms with Crippen molar-refractivity contribution in [3.63, 3.8) is 0 Å². The fourth-order valence-electron chi connectivity index (χ4n) is 1.31. The van der Waals surface area contributed by atoms with Crippen molar-refractivity contribution in [1.29, 1.82) is 0 Å². The number of ketones is 1. The normalized spacial score (nSPS) is 12.6. The molecule has 0 saturated heterocycles. The van der Waals surface area contributed by atoms with E-state index in [4.69, 9.17) is 0 Å². The maximum atomic E-state index is 11.4. The third-order valence-corrected chi connectivity index (χ3v) is 2.15. The van der Waals surface area contributed by atoms with Crippen LogP contribution in [0.25, 0.3) is 0 Å². The van der Waals surface area contributed by atoms with Gasteiger partial charge in [-0.25, -0.2) is 0 Å². The molecule has 0 aromatic heterocycles. The molecule has 0 aliphatic rings. The van der Waals surface area contributed by atoms with E-state index in [1.54, 1.807) is 0 Å². The Hall–Kier alpha value is -0.900. The van der Waals surface area contributed by atoms with Crippen LogP contribution >= 0.6 is 0 Å². The number of amides is 1. The van der Waals surface area contributed by atoms with E-state index in [1.807, 2.05) is 25.9 Å². The lowest BCUT2D eigenvalue weighted by atomic mass is 10.2. The highest BCUT2D eigenvalue weighted by Crippen LogP contribution is 1.96. The van der Waals surface area contributed by atoms with Gasteiger partial charge in [0.2, 0.25) is 5.91 Å². The minimum Gasteiger partial charge on any atom is -0.352 e. The number of carbonyl (C=O) groups excluding carboxylic acids is 2. The molecule has 4 nitrogen and oxygen atoms in total. The largest absolute Gasteiger partial charge is 0.352 e. The van der Waals surface area contributed by atoms with E-state index in [-0.39, 0.29) is 17.7 Å². The van der Waals surface area contributed by atoms with Gasteiger partial charge in [-0.3, -0.25) is 4.79 Å². The molecule has 0 aliphatic heterocycles. The molecule has 0 aromatic carbocycles. The van der Waals surface area contributed by atoms with Crippen molar-refractivity contribution in [2.24, 2.45) is 0 Å². The Labute approximate surface area is 92.0 Å². The van der Waals surface area contributed by atoms with Gasteiger partial charge in [0.25, 0.3) is 0 Å². The standard InChI is InChI=1S/C11H22N2O2/c1-5-10(8-13(3)4)12-11(15)7-6-9(2)14/h10H,5-8H2,1-4H3,(H,12,15).